The largest absolute Gasteiger partial charge is 0.466 e. The molecule has 0 aliphatic heterocycles. The molecule has 0 aromatic heterocycles. The second-order valence-electron chi connectivity index (χ2n) is 17.1. The minimum absolute atomic E-state index is 0.0108. The van der Waals surface area contributed by atoms with Crippen molar-refractivity contribution in [3.8, 4) is 0 Å². The highest BCUT2D eigenvalue weighted by molar-refractivity contribution is 5.69. The van der Waals surface area contributed by atoms with Gasteiger partial charge in [0.25, 0.3) is 0 Å². The molecule has 6 heteroatoms. The first kappa shape index (κ1) is 51.9. The molecule has 6 nitrogen and oxygen atoms in total. The van der Waals surface area contributed by atoms with E-state index in [4.69, 9.17) is 9.47 Å². The van der Waals surface area contributed by atoms with Crippen molar-refractivity contribution in [2.24, 2.45) is 5.41 Å². The lowest BCUT2D eigenvalue weighted by molar-refractivity contribution is -0.150. The normalized spacial score (nSPS) is 11.9. The summed E-state index contributed by atoms with van der Waals surface area (Å²) >= 11 is 0. The molecule has 1 N–H and O–H groups in total. The summed E-state index contributed by atoms with van der Waals surface area (Å²) in [6.45, 7) is 15.4. The molecule has 0 radical (unpaired) electrons. The molecule has 0 saturated heterocycles. The van der Waals surface area contributed by atoms with Crippen LogP contribution in [0.4, 0.5) is 0 Å². The summed E-state index contributed by atoms with van der Waals surface area (Å²) in [4.78, 5) is 27.5. The van der Waals surface area contributed by atoms with E-state index in [-0.39, 0.29) is 30.1 Å². The van der Waals surface area contributed by atoms with Gasteiger partial charge in [0.1, 0.15) is 6.10 Å². The summed E-state index contributed by atoms with van der Waals surface area (Å²) in [7, 11) is 0. The number of aliphatic hydroxyl groups excluding tert-OH is 1. The number of hydrogen-bond donors (Lipinski definition) is 1. The Hall–Kier alpha value is -1.14. The number of nitrogens with zero attached hydrogens (tertiary/aromatic N) is 1. The maximum absolute atomic E-state index is 12.9. The number of carbonyl (C=O) groups is 2. The van der Waals surface area contributed by atoms with E-state index in [2.05, 4.69) is 39.5 Å². The maximum atomic E-state index is 12.9. The molecule has 0 aliphatic rings. The minimum Gasteiger partial charge on any atom is -0.466 e. The van der Waals surface area contributed by atoms with Crippen molar-refractivity contribution in [3.05, 3.63) is 0 Å². The smallest absolute Gasteiger partial charge is 0.306 e. The maximum Gasteiger partial charge on any atom is 0.306 e. The Labute approximate surface area is 331 Å². The van der Waals surface area contributed by atoms with E-state index >= 15 is 0 Å². The van der Waals surface area contributed by atoms with Gasteiger partial charge in [0.15, 0.2) is 0 Å². The van der Waals surface area contributed by atoms with E-state index in [9.17, 15) is 14.7 Å². The van der Waals surface area contributed by atoms with Crippen LogP contribution in [0.1, 0.15) is 247 Å². The van der Waals surface area contributed by atoms with Crippen molar-refractivity contribution in [2.75, 3.05) is 32.8 Å². The molecule has 0 aliphatic carbocycles. The molecule has 53 heavy (non-hydrogen) atoms. The first-order valence-corrected chi connectivity index (χ1v) is 23.5. The fraction of sp³-hybridized carbons (Fsp3) is 0.957. The van der Waals surface area contributed by atoms with Crippen molar-refractivity contribution in [2.45, 2.75) is 253 Å². The van der Waals surface area contributed by atoms with Crippen LogP contribution in [-0.4, -0.2) is 60.9 Å². The second-order valence-corrected chi connectivity index (χ2v) is 17.1. The number of esters is 2. The highest BCUT2D eigenvalue weighted by Gasteiger charge is 2.20. The molecule has 0 fully saturated rings. The number of rotatable bonds is 42. The second kappa shape index (κ2) is 39.1. The van der Waals surface area contributed by atoms with Gasteiger partial charge in [-0.3, -0.25) is 9.59 Å². The van der Waals surface area contributed by atoms with Crippen LogP contribution in [0.25, 0.3) is 0 Å². The molecule has 0 atom stereocenters. The van der Waals surface area contributed by atoms with Gasteiger partial charge < -0.3 is 19.5 Å². The third-order valence-electron chi connectivity index (χ3n) is 11.1. The zero-order chi connectivity index (χ0) is 39.1. The van der Waals surface area contributed by atoms with Crippen LogP contribution in [0, 0.1) is 5.41 Å². The Bertz CT molecular complexity index is 771. The van der Waals surface area contributed by atoms with Crippen LogP contribution in [0.5, 0.6) is 0 Å². The standard InChI is InChI=1S/C47H93NO5/c1-6-9-12-15-18-24-29-43-52-45(50)35-27-22-19-23-28-39-48(41-32-42-49)40-31-38-47(4,5)37-30-36-46(51)53-44(33-25-20-16-13-10-7-2)34-26-21-17-14-11-8-3/h44,49H,6-43H2,1-5H3. The van der Waals surface area contributed by atoms with Crippen molar-refractivity contribution in [1.82, 2.24) is 4.90 Å². The lowest BCUT2D eigenvalue weighted by Gasteiger charge is -2.27. The molecule has 0 heterocycles. The van der Waals surface area contributed by atoms with Gasteiger partial charge in [0.2, 0.25) is 0 Å². The fourth-order valence-electron chi connectivity index (χ4n) is 7.51. The number of unbranched alkanes of at least 4 members (excludes halogenated alkanes) is 20. The molecule has 0 aromatic carbocycles. The highest BCUT2D eigenvalue weighted by atomic mass is 16.5. The number of ether oxygens (including phenoxy) is 2. The highest BCUT2D eigenvalue weighted by Crippen LogP contribution is 2.29. The Morgan fingerprint density at radius 1 is 0.509 bits per heavy atom. The number of hydrogen-bond acceptors (Lipinski definition) is 6. The van der Waals surface area contributed by atoms with Crippen LogP contribution in [0.15, 0.2) is 0 Å². The quantitative estimate of drug-likeness (QED) is 0.0494. The lowest BCUT2D eigenvalue weighted by Crippen LogP contribution is -2.29. The number of aliphatic hydroxyl groups is 1. The Morgan fingerprint density at radius 3 is 1.51 bits per heavy atom. The third-order valence-corrected chi connectivity index (χ3v) is 11.1. The van der Waals surface area contributed by atoms with Gasteiger partial charge in [-0.25, -0.2) is 0 Å². The summed E-state index contributed by atoms with van der Waals surface area (Å²) in [5.41, 5.74) is 0.203. The predicted molar refractivity (Wildman–Crippen MR) is 228 cm³/mol. The van der Waals surface area contributed by atoms with Gasteiger partial charge in [-0.15, -0.1) is 0 Å². The monoisotopic (exact) mass is 752 g/mol. The number of carbonyl (C=O) groups excluding carboxylic acids is 2. The molecule has 0 saturated carbocycles. The average Bonchev–Trinajstić information content (AvgIpc) is 3.13. The average molecular weight is 752 g/mol. The van der Waals surface area contributed by atoms with E-state index in [1.54, 1.807) is 0 Å². The van der Waals surface area contributed by atoms with Crippen molar-refractivity contribution in [1.29, 1.82) is 0 Å². The van der Waals surface area contributed by atoms with Gasteiger partial charge in [0, 0.05) is 26.0 Å². The Morgan fingerprint density at radius 2 is 0.943 bits per heavy atom. The van der Waals surface area contributed by atoms with Gasteiger partial charge in [-0.2, -0.15) is 0 Å². The first-order valence-electron chi connectivity index (χ1n) is 23.5. The van der Waals surface area contributed by atoms with E-state index in [1.165, 1.54) is 128 Å². The van der Waals surface area contributed by atoms with E-state index in [0.717, 1.165) is 90.3 Å². The molecule has 0 unspecified atom stereocenters. The molecule has 0 rings (SSSR count). The molecule has 0 spiro atoms. The van der Waals surface area contributed by atoms with E-state index in [0.29, 0.717) is 19.4 Å². The molecule has 0 amide bonds. The summed E-state index contributed by atoms with van der Waals surface area (Å²) in [6, 6.07) is 0. The molecule has 0 aromatic rings. The van der Waals surface area contributed by atoms with Gasteiger partial charge in [0.05, 0.1) is 6.61 Å². The van der Waals surface area contributed by atoms with Crippen LogP contribution in [0.2, 0.25) is 0 Å². The summed E-state index contributed by atoms with van der Waals surface area (Å²) in [5.74, 6) is -0.0167. The molecule has 316 valence electrons. The zero-order valence-electron chi connectivity index (χ0n) is 36.5. The molecule has 0 bridgehead atoms. The predicted octanol–water partition coefficient (Wildman–Crippen LogP) is 13.7. The SMILES string of the molecule is CCCCCCCCCOC(=O)CCCCCCCN(CCCO)CCCC(C)(C)CCCC(=O)OC(CCCCCCCC)CCCCCCCC. The Kier molecular flexibility index (Phi) is 38.3. The summed E-state index contributed by atoms with van der Waals surface area (Å²) in [5, 5.41) is 9.46. The van der Waals surface area contributed by atoms with Gasteiger partial charge in [-0.05, 0) is 95.6 Å². The summed E-state index contributed by atoms with van der Waals surface area (Å²) < 4.78 is 11.5. The third kappa shape index (κ3) is 37.6. The lowest BCUT2D eigenvalue weighted by atomic mass is 9.82. The van der Waals surface area contributed by atoms with Crippen LogP contribution < -0.4 is 0 Å². The first-order chi connectivity index (χ1) is 25.8. The van der Waals surface area contributed by atoms with Gasteiger partial charge >= 0.3 is 11.9 Å². The van der Waals surface area contributed by atoms with Gasteiger partial charge in [-0.1, -0.05) is 157 Å². The minimum atomic E-state index is -0.0275. The fourth-order valence-corrected chi connectivity index (χ4v) is 7.51. The molecular formula is C47H93NO5. The van der Waals surface area contributed by atoms with E-state index < -0.39 is 0 Å². The van der Waals surface area contributed by atoms with E-state index in [1.807, 2.05) is 0 Å². The van der Waals surface area contributed by atoms with Crippen LogP contribution in [-0.2, 0) is 19.1 Å². The van der Waals surface area contributed by atoms with Crippen LogP contribution >= 0.6 is 0 Å². The van der Waals surface area contributed by atoms with Crippen molar-refractivity contribution >= 4 is 11.9 Å². The Balaban J connectivity index is 4.27. The van der Waals surface area contributed by atoms with Crippen molar-refractivity contribution in [3.63, 3.8) is 0 Å². The van der Waals surface area contributed by atoms with Crippen LogP contribution in [0.3, 0.4) is 0 Å². The zero-order valence-corrected chi connectivity index (χ0v) is 36.5. The topological polar surface area (TPSA) is 76.1 Å². The summed E-state index contributed by atoms with van der Waals surface area (Å²) in [6.07, 6.45) is 37.9. The molecular weight excluding hydrogens is 659 g/mol. The van der Waals surface area contributed by atoms with Crippen molar-refractivity contribution < 1.29 is 24.2 Å².